The monoisotopic (exact) mass is 520 g/mol. The molecule has 0 saturated carbocycles. The first-order valence-electron chi connectivity index (χ1n) is 11.7. The molecule has 9 heteroatoms. The molecular weight excluding hydrogens is 492 g/mol. The fourth-order valence-corrected chi connectivity index (χ4v) is 5.12. The second-order valence-electron chi connectivity index (χ2n) is 8.08. The molecule has 1 aromatic heterocycles. The Kier molecular flexibility index (Phi) is 7.93. The van der Waals surface area contributed by atoms with E-state index in [1.165, 1.54) is 11.3 Å². The molecule has 0 radical (unpaired) electrons. The third-order valence-electron chi connectivity index (χ3n) is 5.81. The Labute approximate surface area is 218 Å². The van der Waals surface area contributed by atoms with Gasteiger partial charge in [-0.05, 0) is 49.8 Å². The van der Waals surface area contributed by atoms with Gasteiger partial charge >= 0.3 is 5.97 Å². The maximum Gasteiger partial charge on any atom is 0.338 e. The van der Waals surface area contributed by atoms with Crippen molar-refractivity contribution in [1.82, 2.24) is 4.57 Å². The van der Waals surface area contributed by atoms with Crippen LogP contribution in [0.2, 0.25) is 0 Å². The quantitative estimate of drug-likeness (QED) is 0.318. The summed E-state index contributed by atoms with van der Waals surface area (Å²) in [6, 6.07) is 11.9. The minimum absolute atomic E-state index is 0.207. The van der Waals surface area contributed by atoms with E-state index in [0.29, 0.717) is 44.5 Å². The Bertz CT molecular complexity index is 1530. The van der Waals surface area contributed by atoms with Crippen molar-refractivity contribution in [2.24, 2.45) is 4.99 Å². The first kappa shape index (κ1) is 26.0. The number of allylic oxidation sites excluding steroid dienone is 1. The van der Waals surface area contributed by atoms with E-state index in [1.54, 1.807) is 69.1 Å². The number of carbonyl (C=O) groups is 1. The van der Waals surface area contributed by atoms with Gasteiger partial charge in [-0.2, -0.15) is 0 Å². The van der Waals surface area contributed by atoms with Gasteiger partial charge in [0.05, 0.1) is 42.7 Å². The van der Waals surface area contributed by atoms with Crippen LogP contribution in [-0.4, -0.2) is 38.0 Å². The van der Waals surface area contributed by atoms with Crippen LogP contribution in [0.25, 0.3) is 6.08 Å². The molecule has 8 nitrogen and oxygen atoms in total. The number of aromatic nitrogens is 1. The van der Waals surface area contributed by atoms with E-state index in [2.05, 4.69) is 11.6 Å². The standard InChI is InChI=1S/C28H28N2O6S/c1-6-14-36-20-11-8-18(9-12-20)25-24(27(32)35-7-2)17(3)29-28-30(25)26(31)23(37-28)15-19-10-13-21(33-4)16-22(19)34-5/h6,8-13,15-16,25H,1,7,14H2,2-5H3/t25-/m1/s1. The summed E-state index contributed by atoms with van der Waals surface area (Å²) < 4.78 is 23.7. The summed E-state index contributed by atoms with van der Waals surface area (Å²) in [7, 11) is 3.14. The average Bonchev–Trinajstić information content (AvgIpc) is 3.21. The van der Waals surface area contributed by atoms with Gasteiger partial charge in [0.2, 0.25) is 0 Å². The minimum Gasteiger partial charge on any atom is -0.497 e. The first-order valence-corrected chi connectivity index (χ1v) is 12.5. The number of ether oxygens (including phenoxy) is 4. The molecule has 0 fully saturated rings. The van der Waals surface area contributed by atoms with E-state index in [0.717, 1.165) is 11.1 Å². The number of nitrogens with zero attached hydrogens (tertiary/aromatic N) is 2. The lowest BCUT2D eigenvalue weighted by Crippen LogP contribution is -2.39. The molecule has 4 rings (SSSR count). The van der Waals surface area contributed by atoms with Gasteiger partial charge in [-0.1, -0.05) is 36.1 Å². The van der Waals surface area contributed by atoms with Crippen molar-refractivity contribution in [3.05, 3.63) is 97.2 Å². The Morgan fingerprint density at radius 1 is 1.14 bits per heavy atom. The number of methoxy groups -OCH3 is 2. The van der Waals surface area contributed by atoms with E-state index in [9.17, 15) is 9.59 Å². The van der Waals surface area contributed by atoms with Crippen LogP contribution in [0.1, 0.15) is 31.0 Å². The number of rotatable bonds is 9. The third kappa shape index (κ3) is 5.22. The molecule has 1 aliphatic rings. The van der Waals surface area contributed by atoms with Gasteiger partial charge in [0.1, 0.15) is 23.9 Å². The van der Waals surface area contributed by atoms with Gasteiger partial charge in [-0.15, -0.1) is 0 Å². The summed E-state index contributed by atoms with van der Waals surface area (Å²) in [5, 5.41) is 0. The molecule has 192 valence electrons. The Morgan fingerprint density at radius 3 is 2.51 bits per heavy atom. The van der Waals surface area contributed by atoms with Gasteiger partial charge in [0, 0.05) is 11.6 Å². The summed E-state index contributed by atoms with van der Waals surface area (Å²) in [6.45, 7) is 7.74. The number of hydrogen-bond donors (Lipinski definition) is 0. The van der Waals surface area contributed by atoms with Crippen LogP contribution in [0.3, 0.4) is 0 Å². The fourth-order valence-electron chi connectivity index (χ4n) is 4.09. The molecule has 0 spiro atoms. The predicted molar refractivity (Wildman–Crippen MR) is 142 cm³/mol. The highest BCUT2D eigenvalue weighted by Gasteiger charge is 2.33. The highest BCUT2D eigenvalue weighted by atomic mass is 32.1. The maximum atomic E-state index is 13.8. The lowest BCUT2D eigenvalue weighted by atomic mass is 9.96. The Morgan fingerprint density at radius 2 is 1.86 bits per heavy atom. The minimum atomic E-state index is -0.705. The number of carbonyl (C=O) groups excluding carboxylic acids is 1. The van der Waals surface area contributed by atoms with Crippen molar-refractivity contribution >= 4 is 23.4 Å². The van der Waals surface area contributed by atoms with E-state index < -0.39 is 12.0 Å². The topological polar surface area (TPSA) is 88.4 Å². The molecule has 0 saturated heterocycles. The van der Waals surface area contributed by atoms with E-state index >= 15 is 0 Å². The van der Waals surface area contributed by atoms with Crippen LogP contribution < -0.4 is 29.1 Å². The number of thiazole rings is 1. The fraction of sp³-hybridized carbons (Fsp3) is 0.250. The summed E-state index contributed by atoms with van der Waals surface area (Å²) in [5.41, 5.74) is 2.01. The van der Waals surface area contributed by atoms with Gasteiger partial charge in [-0.25, -0.2) is 9.79 Å². The Balaban J connectivity index is 1.89. The maximum absolute atomic E-state index is 13.8. The zero-order valence-electron chi connectivity index (χ0n) is 21.1. The number of hydrogen-bond acceptors (Lipinski definition) is 8. The first-order chi connectivity index (χ1) is 17.9. The molecule has 1 aliphatic heterocycles. The van der Waals surface area contributed by atoms with Gasteiger partial charge in [0.15, 0.2) is 4.80 Å². The van der Waals surface area contributed by atoms with Crippen molar-refractivity contribution in [1.29, 1.82) is 0 Å². The highest BCUT2D eigenvalue weighted by Crippen LogP contribution is 2.32. The van der Waals surface area contributed by atoms with Crippen LogP contribution >= 0.6 is 11.3 Å². The van der Waals surface area contributed by atoms with Gasteiger partial charge in [-0.3, -0.25) is 9.36 Å². The lowest BCUT2D eigenvalue weighted by Gasteiger charge is -2.24. The smallest absolute Gasteiger partial charge is 0.338 e. The van der Waals surface area contributed by atoms with Crippen molar-refractivity contribution in [2.45, 2.75) is 19.9 Å². The molecule has 0 unspecified atom stereocenters. The molecule has 0 amide bonds. The highest BCUT2D eigenvalue weighted by molar-refractivity contribution is 7.07. The molecule has 0 aliphatic carbocycles. The second kappa shape index (κ2) is 11.3. The molecule has 2 heterocycles. The van der Waals surface area contributed by atoms with Crippen molar-refractivity contribution < 1.29 is 23.7 Å². The van der Waals surface area contributed by atoms with E-state index in [-0.39, 0.29) is 12.2 Å². The van der Waals surface area contributed by atoms with Crippen LogP contribution in [-0.2, 0) is 9.53 Å². The van der Waals surface area contributed by atoms with Crippen molar-refractivity contribution in [3.8, 4) is 17.2 Å². The van der Waals surface area contributed by atoms with Gasteiger partial charge in [0.25, 0.3) is 5.56 Å². The van der Waals surface area contributed by atoms with Crippen molar-refractivity contribution in [3.63, 3.8) is 0 Å². The molecule has 2 aromatic carbocycles. The molecule has 3 aromatic rings. The normalized spacial score (nSPS) is 15.0. The summed E-state index contributed by atoms with van der Waals surface area (Å²) >= 11 is 1.25. The summed E-state index contributed by atoms with van der Waals surface area (Å²) in [5.74, 6) is 1.36. The Hall–Kier alpha value is -4.11. The van der Waals surface area contributed by atoms with Crippen molar-refractivity contribution in [2.75, 3.05) is 27.4 Å². The number of benzene rings is 2. The predicted octanol–water partition coefficient (Wildman–Crippen LogP) is 3.38. The SMILES string of the molecule is C=CCOc1ccc([C@@H]2C(C(=O)OCC)=C(C)N=c3sc(=Cc4ccc(OC)cc4OC)c(=O)n32)cc1. The molecule has 0 N–H and O–H groups in total. The lowest BCUT2D eigenvalue weighted by molar-refractivity contribution is -0.139. The number of esters is 1. The zero-order chi connectivity index (χ0) is 26.5. The summed E-state index contributed by atoms with van der Waals surface area (Å²) in [6.07, 6.45) is 3.42. The second-order valence-corrected chi connectivity index (χ2v) is 9.09. The molecule has 37 heavy (non-hydrogen) atoms. The largest absolute Gasteiger partial charge is 0.497 e. The molecular formula is C28H28N2O6S. The van der Waals surface area contributed by atoms with E-state index in [1.807, 2.05) is 18.2 Å². The van der Waals surface area contributed by atoms with Gasteiger partial charge < -0.3 is 18.9 Å². The number of fused-ring (bicyclic) bond motifs is 1. The van der Waals surface area contributed by atoms with Crippen LogP contribution in [0.15, 0.2) is 76.2 Å². The molecule has 1 atom stereocenters. The van der Waals surface area contributed by atoms with Crippen LogP contribution in [0.4, 0.5) is 0 Å². The van der Waals surface area contributed by atoms with Crippen LogP contribution in [0, 0.1) is 0 Å². The van der Waals surface area contributed by atoms with Crippen LogP contribution in [0.5, 0.6) is 17.2 Å². The average molecular weight is 521 g/mol. The summed E-state index contributed by atoms with van der Waals surface area (Å²) in [4.78, 5) is 31.9. The molecule has 0 bridgehead atoms. The van der Waals surface area contributed by atoms with E-state index in [4.69, 9.17) is 18.9 Å². The third-order valence-corrected chi connectivity index (χ3v) is 6.79. The zero-order valence-corrected chi connectivity index (χ0v) is 22.0.